The molecule has 1 atom stereocenters. The fourth-order valence-electron chi connectivity index (χ4n) is 3.63. The predicted octanol–water partition coefficient (Wildman–Crippen LogP) is 5.69. The fraction of sp³-hybridized carbons (Fsp3) is 0.435. The molecule has 1 fully saturated rings. The first kappa shape index (κ1) is 20.7. The number of benzene rings is 2. The average molecular weight is 402 g/mol. The molecular weight excluding hydrogens is 374 g/mol. The summed E-state index contributed by atoms with van der Waals surface area (Å²) in [4.78, 5) is 14.0. The number of hydrogen-bond donors (Lipinski definition) is 1. The first-order chi connectivity index (χ1) is 13.2. The lowest BCUT2D eigenvalue weighted by molar-refractivity contribution is 0.00773. The Balaban J connectivity index is 1.70. The normalized spacial score (nSPS) is 16.7. The van der Waals surface area contributed by atoms with E-state index in [1.54, 1.807) is 4.90 Å². The maximum Gasteiger partial charge on any atom is 0.410 e. The molecule has 28 heavy (non-hydrogen) atoms. The molecule has 4 nitrogen and oxygen atoms in total. The second kappa shape index (κ2) is 8.54. The van der Waals surface area contributed by atoms with Crippen LogP contribution in [0.15, 0.2) is 48.5 Å². The quantitative estimate of drug-likeness (QED) is 0.718. The summed E-state index contributed by atoms with van der Waals surface area (Å²) in [5.41, 5.74) is 2.47. The summed E-state index contributed by atoms with van der Waals surface area (Å²) in [7, 11) is 0. The second-order valence-electron chi connectivity index (χ2n) is 8.34. The summed E-state index contributed by atoms with van der Waals surface area (Å²) in [6.45, 7) is 6.80. The smallest absolute Gasteiger partial charge is 0.410 e. The standard InChI is InChI=1S/C23H28ClNO3/c1-23(2,3)28-22(27)25-14-12-17(13-15-25)21(26)20-7-5-4-6-19(20)16-8-10-18(24)11-9-16/h4-11,17,21,26H,12-15H2,1-3H3. The highest BCUT2D eigenvalue weighted by molar-refractivity contribution is 6.30. The number of rotatable bonds is 3. The summed E-state index contributed by atoms with van der Waals surface area (Å²) < 4.78 is 5.46. The van der Waals surface area contributed by atoms with Crippen LogP contribution < -0.4 is 0 Å². The second-order valence-corrected chi connectivity index (χ2v) is 8.78. The van der Waals surface area contributed by atoms with Gasteiger partial charge < -0.3 is 14.7 Å². The van der Waals surface area contributed by atoms with Crippen molar-refractivity contribution in [2.24, 2.45) is 5.92 Å². The number of carbonyl (C=O) groups excluding carboxylic acids is 1. The van der Waals surface area contributed by atoms with Crippen LogP contribution in [0.25, 0.3) is 11.1 Å². The first-order valence-electron chi connectivity index (χ1n) is 9.75. The number of nitrogens with zero attached hydrogens (tertiary/aromatic N) is 1. The zero-order valence-electron chi connectivity index (χ0n) is 16.7. The van der Waals surface area contributed by atoms with Gasteiger partial charge >= 0.3 is 6.09 Å². The summed E-state index contributed by atoms with van der Waals surface area (Å²) in [5, 5.41) is 11.8. The van der Waals surface area contributed by atoms with Crippen molar-refractivity contribution in [3.63, 3.8) is 0 Å². The van der Waals surface area contributed by atoms with Crippen molar-refractivity contribution in [2.45, 2.75) is 45.3 Å². The lowest BCUT2D eigenvalue weighted by Gasteiger charge is -2.35. The highest BCUT2D eigenvalue weighted by Gasteiger charge is 2.31. The minimum Gasteiger partial charge on any atom is -0.444 e. The highest BCUT2D eigenvalue weighted by Crippen LogP contribution is 2.36. The zero-order chi connectivity index (χ0) is 20.3. The van der Waals surface area contributed by atoms with Crippen LogP contribution in [0.1, 0.15) is 45.3 Å². The van der Waals surface area contributed by atoms with E-state index in [0.29, 0.717) is 18.1 Å². The number of piperidine rings is 1. The predicted molar refractivity (Wildman–Crippen MR) is 112 cm³/mol. The third-order valence-corrected chi connectivity index (χ3v) is 5.32. The summed E-state index contributed by atoms with van der Waals surface area (Å²) >= 11 is 6.01. The molecule has 5 heteroatoms. The number of hydrogen-bond acceptors (Lipinski definition) is 3. The molecule has 1 aliphatic heterocycles. The lowest BCUT2D eigenvalue weighted by atomic mass is 9.84. The van der Waals surface area contributed by atoms with E-state index in [2.05, 4.69) is 0 Å². The molecule has 0 aromatic heterocycles. The van der Waals surface area contributed by atoms with Crippen LogP contribution in [0.3, 0.4) is 0 Å². The van der Waals surface area contributed by atoms with Crippen LogP contribution in [0.5, 0.6) is 0 Å². The van der Waals surface area contributed by atoms with Crippen LogP contribution in [0, 0.1) is 5.92 Å². The molecule has 1 N–H and O–H groups in total. The Hall–Kier alpha value is -2.04. The minimum atomic E-state index is -0.576. The van der Waals surface area contributed by atoms with Crippen molar-refractivity contribution < 1.29 is 14.6 Å². The molecule has 3 rings (SSSR count). The van der Waals surface area contributed by atoms with Crippen LogP contribution in [-0.4, -0.2) is 34.8 Å². The topological polar surface area (TPSA) is 49.8 Å². The zero-order valence-corrected chi connectivity index (χ0v) is 17.4. The molecule has 1 heterocycles. The molecule has 0 radical (unpaired) electrons. The SMILES string of the molecule is CC(C)(C)OC(=O)N1CCC(C(O)c2ccccc2-c2ccc(Cl)cc2)CC1. The number of amides is 1. The van der Waals surface area contributed by atoms with E-state index in [1.165, 1.54) is 0 Å². The fourth-order valence-corrected chi connectivity index (χ4v) is 3.75. The van der Waals surface area contributed by atoms with Crippen molar-refractivity contribution in [3.8, 4) is 11.1 Å². The summed E-state index contributed by atoms with van der Waals surface area (Å²) in [6.07, 6.45) is 0.639. The molecule has 1 aliphatic rings. The molecule has 150 valence electrons. The number of halogens is 1. The summed E-state index contributed by atoms with van der Waals surface area (Å²) in [6, 6.07) is 15.6. The lowest BCUT2D eigenvalue weighted by Crippen LogP contribution is -2.42. The van der Waals surface area contributed by atoms with Crippen LogP contribution >= 0.6 is 11.6 Å². The van der Waals surface area contributed by atoms with Gasteiger partial charge in [-0.1, -0.05) is 48.0 Å². The molecule has 2 aromatic rings. The van der Waals surface area contributed by atoms with Gasteiger partial charge in [-0.15, -0.1) is 0 Å². The van der Waals surface area contributed by atoms with E-state index in [4.69, 9.17) is 16.3 Å². The van der Waals surface area contributed by atoms with Crippen molar-refractivity contribution in [3.05, 3.63) is 59.1 Å². The first-order valence-corrected chi connectivity index (χ1v) is 10.1. The van der Waals surface area contributed by atoms with E-state index >= 15 is 0 Å². The Morgan fingerprint density at radius 2 is 1.71 bits per heavy atom. The maximum atomic E-state index is 12.3. The molecule has 1 unspecified atom stereocenters. The maximum absolute atomic E-state index is 12.3. The van der Waals surface area contributed by atoms with Gasteiger partial charge in [0.15, 0.2) is 0 Å². The van der Waals surface area contributed by atoms with Gasteiger partial charge in [0, 0.05) is 18.1 Å². The van der Waals surface area contributed by atoms with Gasteiger partial charge in [-0.2, -0.15) is 0 Å². The third-order valence-electron chi connectivity index (χ3n) is 5.07. The van der Waals surface area contributed by atoms with Gasteiger partial charge in [0.25, 0.3) is 0 Å². The third kappa shape index (κ3) is 5.06. The number of likely N-dealkylation sites (tertiary alicyclic amines) is 1. The van der Waals surface area contributed by atoms with Gasteiger partial charge in [-0.05, 0) is 68.4 Å². The molecule has 1 saturated heterocycles. The van der Waals surface area contributed by atoms with Crippen molar-refractivity contribution in [1.29, 1.82) is 0 Å². The van der Waals surface area contributed by atoms with E-state index < -0.39 is 11.7 Å². The van der Waals surface area contributed by atoms with Gasteiger partial charge in [-0.3, -0.25) is 0 Å². The van der Waals surface area contributed by atoms with Gasteiger partial charge in [0.05, 0.1) is 6.10 Å². The largest absolute Gasteiger partial charge is 0.444 e. The Morgan fingerprint density at radius 3 is 2.32 bits per heavy atom. The molecule has 0 spiro atoms. The molecular formula is C23H28ClNO3. The van der Waals surface area contributed by atoms with E-state index in [-0.39, 0.29) is 12.0 Å². The van der Waals surface area contributed by atoms with Crippen LogP contribution in [0.2, 0.25) is 5.02 Å². The average Bonchev–Trinajstić information content (AvgIpc) is 2.67. The highest BCUT2D eigenvalue weighted by atomic mass is 35.5. The molecule has 0 aliphatic carbocycles. The number of ether oxygens (including phenoxy) is 1. The molecule has 2 aromatic carbocycles. The minimum absolute atomic E-state index is 0.104. The van der Waals surface area contributed by atoms with Crippen molar-refractivity contribution >= 4 is 17.7 Å². The van der Waals surface area contributed by atoms with Crippen LogP contribution in [-0.2, 0) is 4.74 Å². The Kier molecular flexibility index (Phi) is 6.31. The van der Waals surface area contributed by atoms with Crippen LogP contribution in [0.4, 0.5) is 4.79 Å². The Labute approximate surface area is 172 Å². The van der Waals surface area contributed by atoms with Gasteiger partial charge in [-0.25, -0.2) is 4.79 Å². The van der Waals surface area contributed by atoms with Gasteiger partial charge in [0.2, 0.25) is 0 Å². The Morgan fingerprint density at radius 1 is 1.11 bits per heavy atom. The number of aliphatic hydroxyl groups is 1. The van der Waals surface area contributed by atoms with E-state index in [1.807, 2.05) is 69.3 Å². The molecule has 0 bridgehead atoms. The number of aliphatic hydroxyl groups excluding tert-OH is 1. The molecule has 0 saturated carbocycles. The van der Waals surface area contributed by atoms with E-state index in [9.17, 15) is 9.90 Å². The monoisotopic (exact) mass is 401 g/mol. The van der Waals surface area contributed by atoms with Gasteiger partial charge in [0.1, 0.15) is 5.60 Å². The Bertz CT molecular complexity index is 805. The number of carbonyl (C=O) groups is 1. The van der Waals surface area contributed by atoms with E-state index in [0.717, 1.165) is 29.5 Å². The summed E-state index contributed by atoms with van der Waals surface area (Å²) in [5.74, 6) is 0.104. The molecule has 1 amide bonds. The van der Waals surface area contributed by atoms with Crippen molar-refractivity contribution in [2.75, 3.05) is 13.1 Å². The van der Waals surface area contributed by atoms with Crippen molar-refractivity contribution in [1.82, 2.24) is 4.90 Å².